The van der Waals surface area contributed by atoms with Crippen LogP contribution in [0.15, 0.2) is 18.2 Å². The van der Waals surface area contributed by atoms with E-state index in [9.17, 15) is 17.6 Å². The molecule has 0 bridgehead atoms. The molecule has 1 aromatic rings. The van der Waals surface area contributed by atoms with Gasteiger partial charge in [-0.3, -0.25) is 0 Å². The van der Waals surface area contributed by atoms with E-state index >= 15 is 0 Å². The molecule has 0 saturated heterocycles. The zero-order valence-electron chi connectivity index (χ0n) is 10.2. The summed E-state index contributed by atoms with van der Waals surface area (Å²) in [5, 5.41) is 0. The van der Waals surface area contributed by atoms with E-state index in [1.54, 1.807) is 13.8 Å². The van der Waals surface area contributed by atoms with Crippen LogP contribution < -0.4 is 5.73 Å². The number of halogens is 4. The summed E-state index contributed by atoms with van der Waals surface area (Å²) in [4.78, 5) is 0. The first-order valence-electron chi connectivity index (χ1n) is 5.73. The van der Waals surface area contributed by atoms with Crippen molar-refractivity contribution in [2.45, 2.75) is 43.8 Å². The van der Waals surface area contributed by atoms with Crippen LogP contribution in [-0.4, -0.2) is 5.54 Å². The van der Waals surface area contributed by atoms with Crippen LogP contribution in [0.5, 0.6) is 0 Å². The van der Waals surface area contributed by atoms with Gasteiger partial charge in [0.05, 0.1) is 5.56 Å². The van der Waals surface area contributed by atoms with Crippen LogP contribution in [0, 0.1) is 5.82 Å². The van der Waals surface area contributed by atoms with Gasteiger partial charge < -0.3 is 5.73 Å². The normalized spacial score (nSPS) is 18.8. The maximum atomic E-state index is 13.4. The van der Waals surface area contributed by atoms with E-state index in [1.165, 1.54) is 0 Å². The fraction of sp³-hybridized carbons (Fsp3) is 0.538. The summed E-state index contributed by atoms with van der Waals surface area (Å²) >= 11 is 0. The van der Waals surface area contributed by atoms with Crippen LogP contribution in [0.4, 0.5) is 17.6 Å². The zero-order valence-corrected chi connectivity index (χ0v) is 10.2. The van der Waals surface area contributed by atoms with Gasteiger partial charge in [-0.15, -0.1) is 0 Å². The fourth-order valence-electron chi connectivity index (χ4n) is 2.16. The molecule has 0 spiro atoms. The molecule has 0 aromatic heterocycles. The van der Waals surface area contributed by atoms with Crippen LogP contribution in [0.25, 0.3) is 0 Å². The van der Waals surface area contributed by atoms with Crippen molar-refractivity contribution >= 4 is 0 Å². The fourth-order valence-corrected chi connectivity index (χ4v) is 2.16. The van der Waals surface area contributed by atoms with Crippen LogP contribution >= 0.6 is 0 Å². The molecular formula is C13H15F4N. The van der Waals surface area contributed by atoms with E-state index in [-0.39, 0.29) is 0 Å². The van der Waals surface area contributed by atoms with Crippen molar-refractivity contribution in [1.82, 2.24) is 0 Å². The molecule has 1 aliphatic carbocycles. The Balaban J connectivity index is 2.49. The molecule has 0 unspecified atom stereocenters. The lowest BCUT2D eigenvalue weighted by atomic mass is 9.75. The smallest absolute Gasteiger partial charge is 0.324 e. The van der Waals surface area contributed by atoms with E-state index in [0.29, 0.717) is 11.6 Å². The van der Waals surface area contributed by atoms with Gasteiger partial charge in [-0.25, -0.2) is 4.39 Å². The number of benzene rings is 1. The minimum atomic E-state index is -4.54. The summed E-state index contributed by atoms with van der Waals surface area (Å²) < 4.78 is 51.3. The lowest BCUT2D eigenvalue weighted by Gasteiger charge is -2.33. The quantitative estimate of drug-likeness (QED) is 0.808. The van der Waals surface area contributed by atoms with Gasteiger partial charge in [-0.1, -0.05) is 13.8 Å². The molecular weight excluding hydrogens is 246 g/mol. The third kappa shape index (κ3) is 2.11. The molecule has 1 aromatic carbocycles. The SMILES string of the molecule is CC(C)(c1cc(F)cc(C(F)(F)F)c1)C1(N)CC1. The Morgan fingerprint density at radius 3 is 2.00 bits per heavy atom. The summed E-state index contributed by atoms with van der Waals surface area (Å²) in [6.07, 6.45) is -3.05. The maximum absolute atomic E-state index is 13.4. The first-order chi connectivity index (χ1) is 8.06. The first kappa shape index (κ1) is 13.3. The van der Waals surface area contributed by atoms with E-state index in [4.69, 9.17) is 5.73 Å². The second-order valence-corrected chi connectivity index (χ2v) is 5.51. The third-order valence-corrected chi connectivity index (χ3v) is 3.98. The van der Waals surface area contributed by atoms with E-state index in [0.717, 1.165) is 25.0 Å². The predicted octanol–water partition coefficient (Wildman–Crippen LogP) is 3.61. The minimum Gasteiger partial charge on any atom is -0.324 e. The highest BCUT2D eigenvalue weighted by molar-refractivity contribution is 5.37. The highest BCUT2D eigenvalue weighted by Crippen LogP contribution is 2.49. The summed E-state index contributed by atoms with van der Waals surface area (Å²) in [5.74, 6) is -0.878. The van der Waals surface area contributed by atoms with Crippen molar-refractivity contribution < 1.29 is 17.6 Å². The number of hydrogen-bond donors (Lipinski definition) is 1. The molecule has 5 heteroatoms. The third-order valence-electron chi connectivity index (χ3n) is 3.98. The average molecular weight is 261 g/mol. The molecule has 1 fully saturated rings. The highest BCUT2D eigenvalue weighted by Gasteiger charge is 2.52. The van der Waals surface area contributed by atoms with Crippen molar-refractivity contribution in [1.29, 1.82) is 0 Å². The highest BCUT2D eigenvalue weighted by atomic mass is 19.4. The summed E-state index contributed by atoms with van der Waals surface area (Å²) in [7, 11) is 0. The summed E-state index contributed by atoms with van der Waals surface area (Å²) in [6, 6.07) is 2.65. The van der Waals surface area contributed by atoms with Crippen molar-refractivity contribution in [3.63, 3.8) is 0 Å². The lowest BCUT2D eigenvalue weighted by molar-refractivity contribution is -0.137. The Kier molecular flexibility index (Phi) is 2.74. The molecule has 0 amide bonds. The van der Waals surface area contributed by atoms with Crippen LogP contribution in [-0.2, 0) is 11.6 Å². The average Bonchev–Trinajstić information content (AvgIpc) is 2.96. The number of nitrogens with two attached hydrogens (primary N) is 1. The molecule has 2 N–H and O–H groups in total. The summed E-state index contributed by atoms with van der Waals surface area (Å²) in [6.45, 7) is 3.52. The Morgan fingerprint density at radius 2 is 1.56 bits per heavy atom. The topological polar surface area (TPSA) is 26.0 Å². The van der Waals surface area contributed by atoms with Crippen molar-refractivity contribution in [3.05, 3.63) is 35.1 Å². The lowest BCUT2D eigenvalue weighted by Crippen LogP contribution is -2.43. The molecule has 0 atom stereocenters. The molecule has 100 valence electrons. The van der Waals surface area contributed by atoms with Gasteiger partial charge in [-0.05, 0) is 36.6 Å². The molecule has 0 radical (unpaired) electrons. The van der Waals surface area contributed by atoms with Crippen LogP contribution in [0.1, 0.15) is 37.8 Å². The van der Waals surface area contributed by atoms with Gasteiger partial charge in [0.1, 0.15) is 5.82 Å². The van der Waals surface area contributed by atoms with Crippen molar-refractivity contribution in [2.75, 3.05) is 0 Å². The van der Waals surface area contributed by atoms with Gasteiger partial charge >= 0.3 is 6.18 Å². The number of hydrogen-bond acceptors (Lipinski definition) is 1. The van der Waals surface area contributed by atoms with Crippen LogP contribution in [0.2, 0.25) is 0 Å². The maximum Gasteiger partial charge on any atom is 0.416 e. The summed E-state index contributed by atoms with van der Waals surface area (Å²) in [5.41, 5.74) is 4.20. The van der Waals surface area contributed by atoms with Gasteiger partial charge in [0.2, 0.25) is 0 Å². The Bertz CT molecular complexity index is 472. The second-order valence-electron chi connectivity index (χ2n) is 5.51. The number of alkyl halides is 3. The molecule has 1 aliphatic rings. The predicted molar refractivity (Wildman–Crippen MR) is 60.6 cm³/mol. The molecule has 0 aliphatic heterocycles. The van der Waals surface area contributed by atoms with Gasteiger partial charge in [-0.2, -0.15) is 13.2 Å². The molecule has 1 saturated carbocycles. The van der Waals surface area contributed by atoms with Crippen molar-refractivity contribution in [2.24, 2.45) is 5.73 Å². The van der Waals surface area contributed by atoms with Gasteiger partial charge in [0.15, 0.2) is 0 Å². The monoisotopic (exact) mass is 261 g/mol. The molecule has 2 rings (SSSR count). The van der Waals surface area contributed by atoms with Crippen LogP contribution in [0.3, 0.4) is 0 Å². The standard InChI is InChI=1S/C13H15F4N/c1-11(2,12(18)3-4-12)8-5-9(13(15,16)17)7-10(14)6-8/h5-7H,3-4,18H2,1-2H3. The number of rotatable bonds is 2. The second kappa shape index (κ2) is 3.70. The molecule has 0 heterocycles. The minimum absolute atomic E-state index is 0.301. The Hall–Kier alpha value is -1.10. The Morgan fingerprint density at radius 1 is 1.06 bits per heavy atom. The molecule has 18 heavy (non-hydrogen) atoms. The molecule has 1 nitrogen and oxygen atoms in total. The largest absolute Gasteiger partial charge is 0.416 e. The van der Waals surface area contributed by atoms with Gasteiger partial charge in [0, 0.05) is 11.0 Å². The zero-order chi connectivity index (χ0) is 13.8. The Labute approximate surface area is 103 Å². The van der Waals surface area contributed by atoms with Crippen molar-refractivity contribution in [3.8, 4) is 0 Å². The van der Waals surface area contributed by atoms with E-state index in [2.05, 4.69) is 0 Å². The van der Waals surface area contributed by atoms with E-state index in [1.807, 2.05) is 0 Å². The van der Waals surface area contributed by atoms with E-state index < -0.39 is 28.5 Å². The first-order valence-corrected chi connectivity index (χ1v) is 5.73. The van der Waals surface area contributed by atoms with Gasteiger partial charge in [0.25, 0.3) is 0 Å².